The number of amides is 1. The largest absolute Gasteiger partial charge is 0.423 e. The molecule has 6 heteroatoms. The van der Waals surface area contributed by atoms with Gasteiger partial charge in [0.25, 0.3) is 0 Å². The number of hydrogen-bond donors (Lipinski definition) is 1. The molecule has 0 aliphatic rings. The Morgan fingerprint density at radius 2 is 2.17 bits per heavy atom. The van der Waals surface area contributed by atoms with Gasteiger partial charge >= 0.3 is 5.63 Å². The van der Waals surface area contributed by atoms with E-state index in [0.717, 1.165) is 29.4 Å². The fraction of sp³-hybridized carbons (Fsp3) is 0.444. The zero-order valence-corrected chi connectivity index (χ0v) is 14.9. The second-order valence-corrected chi connectivity index (χ2v) is 6.45. The summed E-state index contributed by atoms with van der Waals surface area (Å²) < 4.78 is 10.2. The van der Waals surface area contributed by atoms with Crippen molar-refractivity contribution in [2.24, 2.45) is 0 Å². The molecule has 0 bridgehead atoms. The van der Waals surface area contributed by atoms with E-state index in [2.05, 4.69) is 12.2 Å². The standard InChI is InChI=1S/C18H23NO4S/c1-3-13-5-6-15-14(10-18(21)23-16(15)9-13)11-24-12-17(20)19-7-4-8-22-2/h5-6,9-10H,3-4,7-8,11-12H2,1-2H3,(H,19,20). The van der Waals surface area contributed by atoms with E-state index in [1.165, 1.54) is 17.8 Å². The van der Waals surface area contributed by atoms with Gasteiger partial charge in [0.05, 0.1) is 5.75 Å². The maximum Gasteiger partial charge on any atom is 0.336 e. The average Bonchev–Trinajstić information content (AvgIpc) is 2.58. The first-order chi connectivity index (χ1) is 11.6. The van der Waals surface area contributed by atoms with Crippen molar-refractivity contribution in [1.29, 1.82) is 0 Å². The molecular weight excluding hydrogens is 326 g/mol. The molecule has 130 valence electrons. The molecule has 5 nitrogen and oxygen atoms in total. The molecule has 1 amide bonds. The van der Waals surface area contributed by atoms with E-state index in [-0.39, 0.29) is 11.5 Å². The minimum atomic E-state index is -0.352. The van der Waals surface area contributed by atoms with Crippen molar-refractivity contribution < 1.29 is 13.9 Å². The Morgan fingerprint density at radius 1 is 1.33 bits per heavy atom. The summed E-state index contributed by atoms with van der Waals surface area (Å²) in [5.41, 5.74) is 2.30. The van der Waals surface area contributed by atoms with E-state index in [4.69, 9.17) is 9.15 Å². The Bertz CT molecular complexity index is 741. The number of carbonyl (C=O) groups excluding carboxylic acids is 1. The summed E-state index contributed by atoms with van der Waals surface area (Å²) in [5, 5.41) is 3.78. The van der Waals surface area contributed by atoms with E-state index < -0.39 is 0 Å². The van der Waals surface area contributed by atoms with Crippen molar-refractivity contribution >= 4 is 28.6 Å². The van der Waals surface area contributed by atoms with Gasteiger partial charge in [0.15, 0.2) is 0 Å². The van der Waals surface area contributed by atoms with Gasteiger partial charge in [0.2, 0.25) is 5.91 Å². The summed E-state index contributed by atoms with van der Waals surface area (Å²) in [4.78, 5) is 23.5. The third-order valence-electron chi connectivity index (χ3n) is 3.64. The second-order valence-electron chi connectivity index (χ2n) is 5.46. The lowest BCUT2D eigenvalue weighted by molar-refractivity contribution is -0.118. The molecule has 1 heterocycles. The van der Waals surface area contributed by atoms with Crippen molar-refractivity contribution in [2.75, 3.05) is 26.0 Å². The summed E-state index contributed by atoms with van der Waals surface area (Å²) in [7, 11) is 1.64. The van der Waals surface area contributed by atoms with Gasteiger partial charge in [-0.25, -0.2) is 4.79 Å². The molecule has 0 unspecified atom stereocenters. The minimum absolute atomic E-state index is 0.00311. The predicted octanol–water partition coefficient (Wildman–Crippen LogP) is 2.74. The van der Waals surface area contributed by atoms with Crippen LogP contribution in [0.2, 0.25) is 0 Å². The molecule has 0 radical (unpaired) electrons. The summed E-state index contributed by atoms with van der Waals surface area (Å²) in [6.07, 6.45) is 1.69. The lowest BCUT2D eigenvalue weighted by Crippen LogP contribution is -2.26. The summed E-state index contributed by atoms with van der Waals surface area (Å²) in [6.45, 7) is 3.31. The van der Waals surface area contributed by atoms with Crippen LogP contribution in [0.25, 0.3) is 11.0 Å². The molecule has 0 spiro atoms. The molecular formula is C18H23NO4S. The smallest absolute Gasteiger partial charge is 0.336 e. The van der Waals surface area contributed by atoms with Crippen LogP contribution in [-0.4, -0.2) is 31.9 Å². The van der Waals surface area contributed by atoms with Crippen molar-refractivity contribution in [2.45, 2.75) is 25.5 Å². The minimum Gasteiger partial charge on any atom is -0.423 e. The number of methoxy groups -OCH3 is 1. The molecule has 2 rings (SSSR count). The highest BCUT2D eigenvalue weighted by molar-refractivity contribution is 7.99. The van der Waals surface area contributed by atoms with Crippen LogP contribution in [0.4, 0.5) is 0 Å². The summed E-state index contributed by atoms with van der Waals surface area (Å²) in [6, 6.07) is 7.45. The van der Waals surface area contributed by atoms with Gasteiger partial charge < -0.3 is 14.5 Å². The number of ether oxygens (including phenoxy) is 1. The van der Waals surface area contributed by atoms with E-state index in [0.29, 0.717) is 30.2 Å². The quantitative estimate of drug-likeness (QED) is 0.557. The van der Waals surface area contributed by atoms with E-state index >= 15 is 0 Å². The number of fused-ring (bicyclic) bond motifs is 1. The van der Waals surface area contributed by atoms with E-state index in [1.54, 1.807) is 7.11 Å². The molecule has 24 heavy (non-hydrogen) atoms. The SMILES string of the molecule is CCc1ccc2c(CSCC(=O)NCCCOC)cc(=O)oc2c1. The van der Waals surface area contributed by atoms with Crippen molar-refractivity contribution in [3.63, 3.8) is 0 Å². The monoisotopic (exact) mass is 349 g/mol. The molecule has 2 aromatic rings. The van der Waals surface area contributed by atoms with Gasteiger partial charge in [-0.2, -0.15) is 0 Å². The molecule has 0 atom stereocenters. The Kier molecular flexibility index (Phi) is 7.34. The first-order valence-corrected chi connectivity index (χ1v) is 9.18. The number of aryl methyl sites for hydroxylation is 1. The van der Waals surface area contributed by atoms with Crippen molar-refractivity contribution in [1.82, 2.24) is 5.32 Å². The number of carbonyl (C=O) groups is 1. The Morgan fingerprint density at radius 3 is 2.92 bits per heavy atom. The third-order valence-corrected chi connectivity index (χ3v) is 4.62. The number of nitrogens with one attached hydrogen (secondary N) is 1. The number of hydrogen-bond acceptors (Lipinski definition) is 5. The van der Waals surface area contributed by atoms with Gasteiger partial charge in [-0.1, -0.05) is 19.1 Å². The van der Waals surface area contributed by atoms with Gasteiger partial charge in [-0.3, -0.25) is 4.79 Å². The molecule has 1 aromatic carbocycles. The Hall–Kier alpha value is -1.79. The van der Waals surface area contributed by atoms with Crippen molar-refractivity contribution in [3.05, 3.63) is 45.8 Å². The fourth-order valence-corrected chi connectivity index (χ4v) is 3.21. The van der Waals surface area contributed by atoms with E-state index in [9.17, 15) is 9.59 Å². The first-order valence-electron chi connectivity index (χ1n) is 8.03. The lowest BCUT2D eigenvalue weighted by atomic mass is 10.1. The zero-order chi connectivity index (χ0) is 17.4. The fourth-order valence-electron chi connectivity index (χ4n) is 2.36. The number of thioether (sulfide) groups is 1. The number of rotatable bonds is 9. The molecule has 0 aliphatic carbocycles. The zero-order valence-electron chi connectivity index (χ0n) is 14.1. The van der Waals surface area contributed by atoms with Gasteiger partial charge in [0.1, 0.15) is 5.58 Å². The van der Waals surface area contributed by atoms with Gasteiger partial charge in [-0.15, -0.1) is 11.8 Å². The maximum absolute atomic E-state index is 11.8. The molecule has 0 saturated carbocycles. The second kappa shape index (κ2) is 9.49. The van der Waals surface area contributed by atoms with E-state index in [1.807, 2.05) is 18.2 Å². The molecule has 0 saturated heterocycles. The Balaban J connectivity index is 1.95. The average molecular weight is 349 g/mol. The summed E-state index contributed by atoms with van der Waals surface area (Å²) >= 11 is 1.49. The highest BCUT2D eigenvalue weighted by Crippen LogP contribution is 2.22. The first kappa shape index (κ1) is 18.5. The molecule has 1 N–H and O–H groups in total. The highest BCUT2D eigenvalue weighted by atomic mass is 32.2. The third kappa shape index (κ3) is 5.39. The lowest BCUT2D eigenvalue weighted by Gasteiger charge is -2.07. The van der Waals surface area contributed by atoms with Crippen LogP contribution in [0.3, 0.4) is 0 Å². The van der Waals surface area contributed by atoms with Gasteiger partial charge in [-0.05, 0) is 30.0 Å². The van der Waals surface area contributed by atoms with Gasteiger partial charge in [0, 0.05) is 37.5 Å². The number of benzene rings is 1. The molecule has 1 aromatic heterocycles. The normalized spacial score (nSPS) is 10.9. The summed E-state index contributed by atoms with van der Waals surface area (Å²) in [5.74, 6) is 0.956. The molecule has 0 fully saturated rings. The maximum atomic E-state index is 11.8. The molecule has 0 aliphatic heterocycles. The van der Waals surface area contributed by atoms with Crippen LogP contribution in [0.15, 0.2) is 33.5 Å². The van der Waals surface area contributed by atoms with Crippen LogP contribution in [0, 0.1) is 0 Å². The van der Waals surface area contributed by atoms with Crippen LogP contribution in [-0.2, 0) is 21.7 Å². The topological polar surface area (TPSA) is 68.5 Å². The van der Waals surface area contributed by atoms with Crippen LogP contribution in [0.5, 0.6) is 0 Å². The van der Waals surface area contributed by atoms with Crippen LogP contribution < -0.4 is 10.9 Å². The highest BCUT2D eigenvalue weighted by Gasteiger charge is 2.08. The van der Waals surface area contributed by atoms with Crippen molar-refractivity contribution in [3.8, 4) is 0 Å². The Labute approximate surface area is 145 Å². The predicted molar refractivity (Wildman–Crippen MR) is 97.5 cm³/mol. The van der Waals surface area contributed by atoms with Crippen LogP contribution in [0.1, 0.15) is 24.5 Å². The van der Waals surface area contributed by atoms with Crippen LogP contribution >= 0.6 is 11.8 Å².